The number of likely N-dealkylation sites (tertiary alicyclic amines) is 1. The molecule has 0 aromatic heterocycles. The van der Waals surface area contributed by atoms with Crippen LogP contribution in [0.25, 0.3) is 0 Å². The molecule has 1 amide bonds. The number of nitrogens with one attached hydrogen (secondary N) is 1. The molecule has 110 valence electrons. The fraction of sp³-hybridized carbons (Fsp3) is 0.533. The van der Waals surface area contributed by atoms with Crippen LogP contribution in [0.3, 0.4) is 0 Å². The van der Waals surface area contributed by atoms with Crippen molar-refractivity contribution in [1.29, 1.82) is 0 Å². The molecule has 2 aliphatic heterocycles. The average molecular weight is 360 g/mol. The maximum atomic E-state index is 12.4. The van der Waals surface area contributed by atoms with Crippen LogP contribution in [0, 0.1) is 5.41 Å². The van der Waals surface area contributed by atoms with Crippen molar-refractivity contribution in [2.75, 3.05) is 26.2 Å². The van der Waals surface area contributed by atoms with Crippen LogP contribution in [0.5, 0.6) is 0 Å². The van der Waals surface area contributed by atoms with Gasteiger partial charge in [0, 0.05) is 29.7 Å². The number of carbonyl (C=O) groups is 1. The zero-order chi connectivity index (χ0) is 13.3. The quantitative estimate of drug-likeness (QED) is 0.836. The smallest absolute Gasteiger partial charge is 0.253 e. The molecular formula is C15H20BrClN2O. The molecule has 1 spiro atoms. The van der Waals surface area contributed by atoms with Gasteiger partial charge in [-0.1, -0.05) is 22.0 Å². The maximum absolute atomic E-state index is 12.4. The van der Waals surface area contributed by atoms with Gasteiger partial charge < -0.3 is 10.2 Å². The van der Waals surface area contributed by atoms with E-state index in [4.69, 9.17) is 0 Å². The lowest BCUT2D eigenvalue weighted by atomic mass is 9.78. The van der Waals surface area contributed by atoms with Crippen molar-refractivity contribution in [2.24, 2.45) is 5.41 Å². The molecule has 0 aliphatic carbocycles. The number of benzene rings is 1. The van der Waals surface area contributed by atoms with Crippen molar-refractivity contribution in [1.82, 2.24) is 10.2 Å². The van der Waals surface area contributed by atoms with Gasteiger partial charge in [-0.15, -0.1) is 12.4 Å². The molecule has 5 heteroatoms. The third kappa shape index (κ3) is 3.18. The van der Waals surface area contributed by atoms with Crippen molar-refractivity contribution >= 4 is 34.2 Å². The van der Waals surface area contributed by atoms with Gasteiger partial charge in [0.2, 0.25) is 0 Å². The summed E-state index contributed by atoms with van der Waals surface area (Å²) in [5.41, 5.74) is 1.25. The molecule has 3 nitrogen and oxygen atoms in total. The summed E-state index contributed by atoms with van der Waals surface area (Å²) in [7, 11) is 0. The first kappa shape index (κ1) is 15.8. The summed E-state index contributed by atoms with van der Waals surface area (Å²) >= 11 is 3.42. The monoisotopic (exact) mass is 358 g/mol. The van der Waals surface area contributed by atoms with E-state index in [1.807, 2.05) is 29.2 Å². The normalized spacial score (nSPS) is 20.8. The van der Waals surface area contributed by atoms with Crippen LogP contribution in [0.1, 0.15) is 29.6 Å². The molecule has 0 unspecified atom stereocenters. The standard InChI is InChI=1S/C15H19BrN2O.ClH/c16-13-3-1-2-12(10-13)14(19)18-8-5-15(6-9-18)4-7-17-11-15;/h1-3,10,17H,4-9,11H2;1H. The number of hydrogen-bond acceptors (Lipinski definition) is 2. The molecular weight excluding hydrogens is 340 g/mol. The van der Waals surface area contributed by atoms with E-state index in [9.17, 15) is 4.79 Å². The topological polar surface area (TPSA) is 32.3 Å². The van der Waals surface area contributed by atoms with Gasteiger partial charge >= 0.3 is 0 Å². The van der Waals surface area contributed by atoms with E-state index in [2.05, 4.69) is 21.2 Å². The van der Waals surface area contributed by atoms with E-state index >= 15 is 0 Å². The minimum absolute atomic E-state index is 0. The second-order valence-corrected chi connectivity index (χ2v) is 6.65. The molecule has 3 rings (SSSR count). The summed E-state index contributed by atoms with van der Waals surface area (Å²) in [5, 5.41) is 3.46. The first-order valence-electron chi connectivity index (χ1n) is 6.94. The molecule has 2 fully saturated rings. The van der Waals surface area contributed by atoms with Crippen LogP contribution >= 0.6 is 28.3 Å². The Kier molecular flexibility index (Phi) is 5.10. The van der Waals surface area contributed by atoms with Gasteiger partial charge in [-0.2, -0.15) is 0 Å². The Bertz CT molecular complexity index is 479. The Hall–Kier alpha value is -0.580. The van der Waals surface area contributed by atoms with Gasteiger partial charge in [0.05, 0.1) is 0 Å². The summed E-state index contributed by atoms with van der Waals surface area (Å²) in [4.78, 5) is 14.5. The second kappa shape index (κ2) is 6.46. The summed E-state index contributed by atoms with van der Waals surface area (Å²) in [6.07, 6.45) is 3.55. The van der Waals surface area contributed by atoms with Gasteiger partial charge in [-0.05, 0) is 49.4 Å². The van der Waals surface area contributed by atoms with Crippen LogP contribution in [0.2, 0.25) is 0 Å². The van der Waals surface area contributed by atoms with E-state index in [1.165, 1.54) is 6.42 Å². The molecule has 0 atom stereocenters. The number of hydrogen-bond donors (Lipinski definition) is 1. The minimum atomic E-state index is 0. The number of carbonyl (C=O) groups excluding carboxylic acids is 1. The van der Waals surface area contributed by atoms with Gasteiger partial charge in [0.15, 0.2) is 0 Å². The fourth-order valence-corrected chi connectivity index (χ4v) is 3.61. The third-order valence-corrected chi connectivity index (χ3v) is 5.01. The van der Waals surface area contributed by atoms with Crippen LogP contribution in [0.15, 0.2) is 28.7 Å². The van der Waals surface area contributed by atoms with Crippen LogP contribution in [-0.2, 0) is 0 Å². The number of nitrogens with zero attached hydrogens (tertiary/aromatic N) is 1. The predicted molar refractivity (Wildman–Crippen MR) is 86.4 cm³/mol. The molecule has 20 heavy (non-hydrogen) atoms. The lowest BCUT2D eigenvalue weighted by molar-refractivity contribution is 0.0607. The Morgan fingerprint density at radius 3 is 2.60 bits per heavy atom. The van der Waals surface area contributed by atoms with E-state index in [0.29, 0.717) is 5.41 Å². The summed E-state index contributed by atoms with van der Waals surface area (Å²) in [6.45, 7) is 4.06. The third-order valence-electron chi connectivity index (χ3n) is 4.51. The molecule has 1 aromatic rings. The van der Waals surface area contributed by atoms with Crippen molar-refractivity contribution in [3.63, 3.8) is 0 Å². The first-order chi connectivity index (χ1) is 9.19. The highest BCUT2D eigenvalue weighted by molar-refractivity contribution is 9.10. The summed E-state index contributed by atoms with van der Waals surface area (Å²) < 4.78 is 0.965. The van der Waals surface area contributed by atoms with Crippen LogP contribution < -0.4 is 5.32 Å². The number of amides is 1. The van der Waals surface area contributed by atoms with E-state index in [1.54, 1.807) is 0 Å². The van der Waals surface area contributed by atoms with Gasteiger partial charge in [-0.25, -0.2) is 0 Å². The minimum Gasteiger partial charge on any atom is -0.339 e. The van der Waals surface area contributed by atoms with E-state index in [0.717, 1.165) is 49.1 Å². The zero-order valence-corrected chi connectivity index (χ0v) is 13.8. The molecule has 0 radical (unpaired) electrons. The van der Waals surface area contributed by atoms with Crippen LogP contribution in [-0.4, -0.2) is 37.0 Å². The molecule has 1 aromatic carbocycles. The lowest BCUT2D eigenvalue weighted by Crippen LogP contribution is -2.44. The molecule has 2 saturated heterocycles. The highest BCUT2D eigenvalue weighted by Gasteiger charge is 2.38. The molecule has 0 saturated carbocycles. The SMILES string of the molecule is Cl.O=C(c1cccc(Br)c1)N1CCC2(CCNC2)CC1. The Morgan fingerprint density at radius 2 is 2.00 bits per heavy atom. The lowest BCUT2D eigenvalue weighted by Gasteiger charge is -2.38. The molecule has 2 heterocycles. The van der Waals surface area contributed by atoms with Gasteiger partial charge in [-0.3, -0.25) is 4.79 Å². The Balaban J connectivity index is 0.00000147. The largest absolute Gasteiger partial charge is 0.339 e. The Labute approximate surface area is 134 Å². The fourth-order valence-electron chi connectivity index (χ4n) is 3.21. The summed E-state index contributed by atoms with van der Waals surface area (Å²) in [5.74, 6) is 0.169. The molecule has 0 bridgehead atoms. The molecule has 2 aliphatic rings. The summed E-state index contributed by atoms with van der Waals surface area (Å²) in [6, 6.07) is 7.67. The maximum Gasteiger partial charge on any atom is 0.253 e. The van der Waals surface area contributed by atoms with Crippen molar-refractivity contribution < 1.29 is 4.79 Å². The number of rotatable bonds is 1. The van der Waals surface area contributed by atoms with Crippen molar-refractivity contribution in [2.45, 2.75) is 19.3 Å². The Morgan fingerprint density at radius 1 is 1.25 bits per heavy atom. The first-order valence-corrected chi connectivity index (χ1v) is 7.73. The van der Waals surface area contributed by atoms with Gasteiger partial charge in [0.25, 0.3) is 5.91 Å². The van der Waals surface area contributed by atoms with Gasteiger partial charge in [0.1, 0.15) is 0 Å². The predicted octanol–water partition coefficient (Wildman–Crippen LogP) is 3.09. The van der Waals surface area contributed by atoms with Crippen molar-refractivity contribution in [3.05, 3.63) is 34.3 Å². The molecule has 1 N–H and O–H groups in total. The van der Waals surface area contributed by atoms with E-state index in [-0.39, 0.29) is 18.3 Å². The average Bonchev–Trinajstić information content (AvgIpc) is 2.87. The van der Waals surface area contributed by atoms with E-state index < -0.39 is 0 Å². The van der Waals surface area contributed by atoms with Crippen LogP contribution in [0.4, 0.5) is 0 Å². The number of halogens is 2. The highest BCUT2D eigenvalue weighted by atomic mass is 79.9. The highest BCUT2D eigenvalue weighted by Crippen LogP contribution is 2.37. The van der Waals surface area contributed by atoms with Crippen molar-refractivity contribution in [3.8, 4) is 0 Å². The second-order valence-electron chi connectivity index (χ2n) is 5.73. The number of piperidine rings is 1. The zero-order valence-electron chi connectivity index (χ0n) is 11.4.